The van der Waals surface area contributed by atoms with E-state index in [-0.39, 0.29) is 5.25 Å². The van der Waals surface area contributed by atoms with E-state index in [4.69, 9.17) is 0 Å². The maximum atomic E-state index is 12.1. The lowest BCUT2D eigenvalue weighted by Gasteiger charge is -2.32. The molecule has 1 aliphatic heterocycles. The zero-order valence-corrected chi connectivity index (χ0v) is 13.6. The predicted molar refractivity (Wildman–Crippen MR) is 79.0 cm³/mol. The van der Waals surface area contributed by atoms with Gasteiger partial charge in [0, 0.05) is 19.6 Å². The second kappa shape index (κ2) is 6.41. The third-order valence-corrected chi connectivity index (χ3v) is 6.24. The van der Waals surface area contributed by atoms with E-state index in [0.717, 1.165) is 19.4 Å². The van der Waals surface area contributed by atoms with Crippen molar-refractivity contribution in [2.24, 2.45) is 5.92 Å². The molecular weight excluding hydrogens is 292 g/mol. The second-order valence-corrected chi connectivity index (χ2v) is 8.47. The van der Waals surface area contributed by atoms with Crippen molar-refractivity contribution in [2.45, 2.75) is 51.5 Å². The van der Waals surface area contributed by atoms with Crippen molar-refractivity contribution in [3.63, 3.8) is 0 Å². The van der Waals surface area contributed by atoms with Crippen LogP contribution in [0.25, 0.3) is 0 Å². The molecule has 1 fully saturated rings. The van der Waals surface area contributed by atoms with Gasteiger partial charge in [0.05, 0.1) is 17.6 Å². The molecule has 0 amide bonds. The fourth-order valence-electron chi connectivity index (χ4n) is 2.50. The second-order valence-electron chi connectivity index (χ2n) is 5.98. The minimum absolute atomic E-state index is 0.363. The first-order valence-electron chi connectivity index (χ1n) is 7.37. The summed E-state index contributed by atoms with van der Waals surface area (Å²) in [5.41, 5.74) is 0.565. The summed E-state index contributed by atoms with van der Waals surface area (Å²) in [6.07, 6.45) is 2.80. The highest BCUT2D eigenvalue weighted by atomic mass is 32.2. The van der Waals surface area contributed by atoms with E-state index in [1.165, 1.54) is 0 Å². The zero-order chi connectivity index (χ0) is 15.6. The molecule has 1 aromatic heterocycles. The van der Waals surface area contributed by atoms with Crippen LogP contribution < -0.4 is 0 Å². The SMILES string of the molecule is CC(C)S(=O)(=O)N1CCC(Cn2cc([C@@H](C)O)nn2)CC1. The highest BCUT2D eigenvalue weighted by Gasteiger charge is 2.30. The van der Waals surface area contributed by atoms with Crippen LogP contribution in [-0.4, -0.2) is 51.2 Å². The normalized spacial score (nSPS) is 20.0. The van der Waals surface area contributed by atoms with Crippen LogP contribution in [0.2, 0.25) is 0 Å². The monoisotopic (exact) mass is 316 g/mol. The number of aliphatic hydroxyl groups is 1. The van der Waals surface area contributed by atoms with Gasteiger partial charge in [0.1, 0.15) is 5.69 Å². The van der Waals surface area contributed by atoms with Crippen molar-refractivity contribution in [3.8, 4) is 0 Å². The van der Waals surface area contributed by atoms with E-state index < -0.39 is 16.1 Å². The quantitative estimate of drug-likeness (QED) is 0.867. The number of aromatic nitrogens is 3. The average molecular weight is 316 g/mol. The van der Waals surface area contributed by atoms with E-state index in [1.807, 2.05) is 0 Å². The summed E-state index contributed by atoms with van der Waals surface area (Å²) in [6.45, 7) is 6.95. The molecule has 1 saturated heterocycles. The van der Waals surface area contributed by atoms with Gasteiger partial charge in [-0.15, -0.1) is 5.10 Å². The molecule has 0 spiro atoms. The number of hydrogen-bond acceptors (Lipinski definition) is 5. The third-order valence-electron chi connectivity index (χ3n) is 3.96. The van der Waals surface area contributed by atoms with E-state index in [2.05, 4.69) is 10.3 Å². The van der Waals surface area contributed by atoms with Crippen molar-refractivity contribution in [1.29, 1.82) is 0 Å². The molecule has 1 aliphatic rings. The Hall–Kier alpha value is -0.990. The summed E-state index contributed by atoms with van der Waals surface area (Å²) in [5.74, 6) is 0.396. The van der Waals surface area contributed by atoms with Crippen molar-refractivity contribution in [2.75, 3.05) is 13.1 Å². The molecule has 0 bridgehead atoms. The van der Waals surface area contributed by atoms with Gasteiger partial charge in [-0.25, -0.2) is 12.7 Å². The summed E-state index contributed by atoms with van der Waals surface area (Å²) < 4.78 is 27.5. The van der Waals surface area contributed by atoms with Crippen molar-refractivity contribution >= 4 is 10.0 Å². The van der Waals surface area contributed by atoms with Gasteiger partial charge in [0.15, 0.2) is 0 Å². The Balaban J connectivity index is 1.89. The molecule has 0 saturated carbocycles. The van der Waals surface area contributed by atoms with Crippen LogP contribution in [-0.2, 0) is 16.6 Å². The van der Waals surface area contributed by atoms with Crippen molar-refractivity contribution in [1.82, 2.24) is 19.3 Å². The Morgan fingerprint density at radius 3 is 2.43 bits per heavy atom. The molecule has 1 aromatic rings. The molecule has 21 heavy (non-hydrogen) atoms. The van der Waals surface area contributed by atoms with E-state index >= 15 is 0 Å². The van der Waals surface area contributed by atoms with Crippen LogP contribution in [0.3, 0.4) is 0 Å². The lowest BCUT2D eigenvalue weighted by atomic mass is 9.98. The molecule has 7 nitrogen and oxygen atoms in total. The summed E-state index contributed by atoms with van der Waals surface area (Å²) in [6, 6.07) is 0. The van der Waals surface area contributed by atoms with E-state index in [0.29, 0.717) is 24.7 Å². The van der Waals surface area contributed by atoms with Gasteiger partial charge in [-0.3, -0.25) is 4.68 Å². The van der Waals surface area contributed by atoms with Crippen molar-refractivity contribution in [3.05, 3.63) is 11.9 Å². The number of rotatable bonds is 5. The molecular formula is C13H24N4O3S. The standard InChI is InChI=1S/C13H24N4O3S/c1-10(2)21(19,20)17-6-4-12(5-7-17)8-16-9-13(11(3)18)14-15-16/h9-12,18H,4-8H2,1-3H3/t11-/m1/s1. The molecule has 120 valence electrons. The lowest BCUT2D eigenvalue weighted by Crippen LogP contribution is -2.42. The van der Waals surface area contributed by atoms with Gasteiger partial charge >= 0.3 is 0 Å². The first kappa shape index (κ1) is 16.4. The van der Waals surface area contributed by atoms with Crippen LogP contribution in [0.15, 0.2) is 6.20 Å². The van der Waals surface area contributed by atoms with E-state index in [1.54, 1.807) is 36.0 Å². The Morgan fingerprint density at radius 1 is 1.33 bits per heavy atom. The molecule has 2 rings (SSSR count). The minimum atomic E-state index is -3.14. The van der Waals surface area contributed by atoms with Gasteiger partial charge in [-0.1, -0.05) is 5.21 Å². The maximum absolute atomic E-state index is 12.1. The maximum Gasteiger partial charge on any atom is 0.216 e. The molecule has 0 unspecified atom stereocenters. The topological polar surface area (TPSA) is 88.3 Å². The highest BCUT2D eigenvalue weighted by Crippen LogP contribution is 2.23. The van der Waals surface area contributed by atoms with Crippen LogP contribution in [0.4, 0.5) is 0 Å². The van der Waals surface area contributed by atoms with Crippen LogP contribution in [0.5, 0.6) is 0 Å². The molecule has 1 N–H and O–H groups in total. The summed E-state index contributed by atoms with van der Waals surface area (Å²) in [4.78, 5) is 0. The number of piperidine rings is 1. The first-order chi connectivity index (χ1) is 9.80. The predicted octanol–water partition coefficient (Wildman–Crippen LogP) is 0.782. The lowest BCUT2D eigenvalue weighted by molar-refractivity contribution is 0.194. The Labute approximate surface area is 126 Å². The molecule has 0 aliphatic carbocycles. The summed E-state index contributed by atoms with van der Waals surface area (Å²) >= 11 is 0. The zero-order valence-electron chi connectivity index (χ0n) is 12.8. The average Bonchev–Trinajstić information content (AvgIpc) is 2.88. The van der Waals surface area contributed by atoms with Crippen LogP contribution >= 0.6 is 0 Å². The summed E-state index contributed by atoms with van der Waals surface area (Å²) in [5, 5.41) is 17.0. The molecule has 0 radical (unpaired) electrons. The number of sulfonamides is 1. The smallest absolute Gasteiger partial charge is 0.216 e. The van der Waals surface area contributed by atoms with Gasteiger partial charge in [-0.05, 0) is 39.5 Å². The number of hydrogen-bond donors (Lipinski definition) is 1. The fraction of sp³-hybridized carbons (Fsp3) is 0.846. The van der Waals surface area contributed by atoms with Gasteiger partial charge < -0.3 is 5.11 Å². The first-order valence-corrected chi connectivity index (χ1v) is 8.88. The Kier molecular flexibility index (Phi) is 5.00. The highest BCUT2D eigenvalue weighted by molar-refractivity contribution is 7.89. The molecule has 1 atom stereocenters. The minimum Gasteiger partial charge on any atom is -0.387 e. The Morgan fingerprint density at radius 2 is 1.95 bits per heavy atom. The Bertz CT molecular complexity index is 560. The van der Waals surface area contributed by atoms with Gasteiger partial charge in [0.2, 0.25) is 10.0 Å². The number of aliphatic hydroxyl groups excluding tert-OH is 1. The largest absolute Gasteiger partial charge is 0.387 e. The molecule has 0 aromatic carbocycles. The summed E-state index contributed by atoms with van der Waals surface area (Å²) in [7, 11) is -3.14. The van der Waals surface area contributed by atoms with E-state index in [9.17, 15) is 13.5 Å². The third kappa shape index (κ3) is 3.81. The molecule has 2 heterocycles. The van der Waals surface area contributed by atoms with Crippen LogP contribution in [0, 0.1) is 5.92 Å². The van der Waals surface area contributed by atoms with Gasteiger partial charge in [-0.2, -0.15) is 0 Å². The fourth-order valence-corrected chi connectivity index (χ4v) is 3.82. The van der Waals surface area contributed by atoms with Gasteiger partial charge in [0.25, 0.3) is 0 Å². The van der Waals surface area contributed by atoms with Crippen LogP contribution in [0.1, 0.15) is 45.4 Å². The molecule has 8 heteroatoms. The van der Waals surface area contributed by atoms with Crippen molar-refractivity contribution < 1.29 is 13.5 Å². The number of nitrogens with zero attached hydrogens (tertiary/aromatic N) is 4.